The van der Waals surface area contributed by atoms with Crippen LogP contribution in [0.1, 0.15) is 32.5 Å². The van der Waals surface area contributed by atoms with Gasteiger partial charge in [-0.15, -0.1) is 0 Å². The summed E-state index contributed by atoms with van der Waals surface area (Å²) in [4.78, 5) is 18.0. The minimum Gasteiger partial charge on any atom is -0.342 e. The smallest absolute Gasteiger partial charge is 0.328 e. The molecule has 1 aromatic heterocycles. The molecular formula is C26H28ClN2O3P. The zero-order chi connectivity index (χ0) is 23.4. The molecule has 4 rings (SSSR count). The number of benzene rings is 3. The first kappa shape index (κ1) is 23.7. The van der Waals surface area contributed by atoms with Gasteiger partial charge < -0.3 is 14.4 Å². The van der Waals surface area contributed by atoms with E-state index < -0.39 is 7.60 Å². The van der Waals surface area contributed by atoms with Crippen LogP contribution in [-0.2, 0) is 15.5 Å². The van der Waals surface area contributed by atoms with Gasteiger partial charge in [0.2, 0.25) is 0 Å². The molecule has 0 aliphatic rings. The molecule has 0 spiro atoms. The van der Waals surface area contributed by atoms with Gasteiger partial charge in [0.15, 0.2) is 0 Å². The lowest BCUT2D eigenvalue weighted by Crippen LogP contribution is -2.06. The van der Waals surface area contributed by atoms with Crippen molar-refractivity contribution < 1.29 is 14.0 Å². The molecule has 2 unspecified atom stereocenters. The molecule has 0 saturated heterocycles. The largest absolute Gasteiger partial charge is 0.342 e. The average molecular weight is 483 g/mol. The van der Waals surface area contributed by atoms with E-state index in [9.17, 15) is 9.46 Å². The van der Waals surface area contributed by atoms with Gasteiger partial charge in [-0.25, -0.2) is 4.98 Å². The number of aryl methyl sites for hydroxylation is 1. The summed E-state index contributed by atoms with van der Waals surface area (Å²) in [5.41, 5.74) is 5.93. The Morgan fingerprint density at radius 1 is 1.06 bits per heavy atom. The van der Waals surface area contributed by atoms with Crippen molar-refractivity contribution in [3.63, 3.8) is 0 Å². The summed E-state index contributed by atoms with van der Waals surface area (Å²) in [5, 5.41) is 0.645. The number of nitrogens with one attached hydrogen (secondary N) is 1. The van der Waals surface area contributed by atoms with Crippen LogP contribution in [0.15, 0.2) is 66.7 Å². The standard InChI is InChI=1S/C26H28ClN2O3P/c1-3-18(2)32-33(30,31)15-7-10-26-28-24-16-22(23(27)17-25(24)29-26)21-13-11-20(12-14-21)19-8-5-4-6-9-19/h4-6,8-9,11-14,16-18H,3,7,10,15H2,1-2H3,(H,28,29)(H,30,31). The van der Waals surface area contributed by atoms with Gasteiger partial charge in [0.05, 0.1) is 28.3 Å². The highest BCUT2D eigenvalue weighted by Crippen LogP contribution is 2.44. The molecule has 1 heterocycles. The third-order valence-corrected chi connectivity index (χ3v) is 7.58. The Morgan fingerprint density at radius 2 is 1.73 bits per heavy atom. The predicted octanol–water partition coefficient (Wildman–Crippen LogP) is 7.48. The summed E-state index contributed by atoms with van der Waals surface area (Å²) in [6.45, 7) is 3.73. The van der Waals surface area contributed by atoms with E-state index in [1.807, 2.05) is 37.3 Å². The maximum Gasteiger partial charge on any atom is 0.328 e. The summed E-state index contributed by atoms with van der Waals surface area (Å²) < 4.78 is 17.5. The first-order valence-corrected chi connectivity index (χ1v) is 13.3. The van der Waals surface area contributed by atoms with Crippen LogP contribution in [0.25, 0.3) is 33.3 Å². The monoisotopic (exact) mass is 482 g/mol. The fraction of sp³-hybridized carbons (Fsp3) is 0.269. The van der Waals surface area contributed by atoms with E-state index in [0.717, 1.165) is 33.5 Å². The molecule has 4 aromatic rings. The molecule has 172 valence electrons. The van der Waals surface area contributed by atoms with Crippen molar-refractivity contribution in [1.82, 2.24) is 9.97 Å². The van der Waals surface area contributed by atoms with E-state index in [1.165, 1.54) is 5.56 Å². The number of aromatic amines is 1. The topological polar surface area (TPSA) is 75.2 Å². The summed E-state index contributed by atoms with van der Waals surface area (Å²) in [6.07, 6.45) is 1.64. The SMILES string of the molecule is CCC(C)OP(=O)(O)CCCc1nc2cc(-c3ccc(-c4ccccc4)cc3)c(Cl)cc2[nH]1. The van der Waals surface area contributed by atoms with Crippen molar-refractivity contribution >= 4 is 30.2 Å². The van der Waals surface area contributed by atoms with Gasteiger partial charge in [-0.3, -0.25) is 4.57 Å². The van der Waals surface area contributed by atoms with E-state index in [4.69, 9.17) is 16.1 Å². The van der Waals surface area contributed by atoms with Gasteiger partial charge in [0.25, 0.3) is 0 Å². The van der Waals surface area contributed by atoms with Crippen LogP contribution in [0.5, 0.6) is 0 Å². The summed E-state index contributed by atoms with van der Waals surface area (Å²) >= 11 is 6.60. The Hall–Kier alpha value is -2.43. The number of rotatable bonds is 9. The number of H-pyrrole nitrogens is 1. The lowest BCUT2D eigenvalue weighted by molar-refractivity contribution is 0.185. The van der Waals surface area contributed by atoms with Crippen LogP contribution in [0.3, 0.4) is 0 Å². The van der Waals surface area contributed by atoms with Crippen LogP contribution in [-0.4, -0.2) is 27.1 Å². The third-order valence-electron chi connectivity index (χ3n) is 5.70. The highest BCUT2D eigenvalue weighted by molar-refractivity contribution is 7.52. The summed E-state index contributed by atoms with van der Waals surface area (Å²) in [5.74, 6) is 0.765. The summed E-state index contributed by atoms with van der Waals surface area (Å²) in [6, 6.07) is 22.4. The van der Waals surface area contributed by atoms with E-state index >= 15 is 0 Å². The number of fused-ring (bicyclic) bond motifs is 1. The molecule has 2 N–H and O–H groups in total. The number of hydrogen-bond acceptors (Lipinski definition) is 3. The molecule has 0 aliphatic heterocycles. The minimum absolute atomic E-state index is 0.105. The Balaban J connectivity index is 1.48. The van der Waals surface area contributed by atoms with Crippen molar-refractivity contribution in [2.75, 3.05) is 6.16 Å². The van der Waals surface area contributed by atoms with Crippen LogP contribution in [0.2, 0.25) is 5.02 Å². The van der Waals surface area contributed by atoms with E-state index in [0.29, 0.717) is 24.3 Å². The van der Waals surface area contributed by atoms with Crippen molar-refractivity contribution in [1.29, 1.82) is 0 Å². The number of hydrogen-bond donors (Lipinski definition) is 2. The number of nitrogens with zero attached hydrogens (tertiary/aromatic N) is 1. The van der Waals surface area contributed by atoms with E-state index in [-0.39, 0.29) is 12.3 Å². The van der Waals surface area contributed by atoms with Gasteiger partial charge in [0.1, 0.15) is 5.82 Å². The van der Waals surface area contributed by atoms with Gasteiger partial charge in [0, 0.05) is 12.0 Å². The quantitative estimate of drug-likeness (QED) is 0.242. The van der Waals surface area contributed by atoms with Gasteiger partial charge in [-0.2, -0.15) is 0 Å². The molecule has 5 nitrogen and oxygen atoms in total. The normalized spacial score (nSPS) is 14.3. The highest BCUT2D eigenvalue weighted by Gasteiger charge is 2.21. The van der Waals surface area contributed by atoms with Crippen molar-refractivity contribution in [2.24, 2.45) is 0 Å². The van der Waals surface area contributed by atoms with Gasteiger partial charge in [-0.1, -0.05) is 73.1 Å². The Bertz CT molecular complexity index is 1270. The Labute approximate surface area is 199 Å². The molecular weight excluding hydrogens is 455 g/mol. The summed E-state index contributed by atoms with van der Waals surface area (Å²) in [7, 11) is -3.58. The van der Waals surface area contributed by atoms with Gasteiger partial charge >= 0.3 is 7.60 Å². The second-order valence-electron chi connectivity index (χ2n) is 8.26. The van der Waals surface area contributed by atoms with Crippen LogP contribution >= 0.6 is 19.2 Å². The number of aromatic nitrogens is 2. The molecule has 0 aliphatic carbocycles. The molecule has 0 bridgehead atoms. The van der Waals surface area contributed by atoms with Crippen LogP contribution in [0, 0.1) is 0 Å². The second-order valence-corrected chi connectivity index (χ2v) is 10.6. The maximum atomic E-state index is 12.2. The molecule has 7 heteroatoms. The van der Waals surface area contributed by atoms with Crippen LogP contribution < -0.4 is 0 Å². The Morgan fingerprint density at radius 3 is 2.42 bits per heavy atom. The number of halogens is 1. The zero-order valence-corrected chi connectivity index (χ0v) is 20.4. The zero-order valence-electron chi connectivity index (χ0n) is 18.8. The highest BCUT2D eigenvalue weighted by atomic mass is 35.5. The second kappa shape index (κ2) is 10.2. The molecule has 0 amide bonds. The lowest BCUT2D eigenvalue weighted by Gasteiger charge is -2.16. The molecule has 0 fully saturated rings. The van der Waals surface area contributed by atoms with Crippen molar-refractivity contribution in [2.45, 2.75) is 39.2 Å². The predicted molar refractivity (Wildman–Crippen MR) is 136 cm³/mol. The van der Waals surface area contributed by atoms with Crippen molar-refractivity contribution in [3.8, 4) is 22.3 Å². The fourth-order valence-corrected chi connectivity index (χ4v) is 5.40. The molecule has 33 heavy (non-hydrogen) atoms. The number of imidazole rings is 1. The Kier molecular flexibility index (Phi) is 7.35. The maximum absolute atomic E-state index is 12.2. The van der Waals surface area contributed by atoms with E-state index in [1.54, 1.807) is 6.92 Å². The molecule has 2 atom stereocenters. The van der Waals surface area contributed by atoms with Crippen LogP contribution in [0.4, 0.5) is 0 Å². The molecule has 0 saturated carbocycles. The van der Waals surface area contributed by atoms with Gasteiger partial charge in [-0.05, 0) is 48.6 Å². The van der Waals surface area contributed by atoms with Crippen molar-refractivity contribution in [3.05, 3.63) is 77.6 Å². The first-order chi connectivity index (χ1) is 15.8. The first-order valence-electron chi connectivity index (χ1n) is 11.2. The fourth-order valence-electron chi connectivity index (χ4n) is 3.75. The lowest BCUT2D eigenvalue weighted by atomic mass is 10.00. The molecule has 0 radical (unpaired) electrons. The average Bonchev–Trinajstić information content (AvgIpc) is 3.20. The van der Waals surface area contributed by atoms with E-state index in [2.05, 4.69) is 46.4 Å². The molecule has 3 aromatic carbocycles. The third kappa shape index (κ3) is 5.93. The minimum atomic E-state index is -3.58.